The lowest BCUT2D eigenvalue weighted by molar-refractivity contribution is -0.136. The average molecular weight is 322 g/mol. The number of carbonyl (C=O) groups excluding carboxylic acids is 1. The molecular formula is C17H26N2O4. The summed E-state index contributed by atoms with van der Waals surface area (Å²) in [6.07, 6.45) is 1.34. The zero-order valence-corrected chi connectivity index (χ0v) is 13.9. The third kappa shape index (κ3) is 4.14. The molecule has 1 aliphatic heterocycles. The molecule has 3 N–H and O–H groups in total. The molecule has 6 nitrogen and oxygen atoms in total. The largest absolute Gasteiger partial charge is 0.493 e. The van der Waals surface area contributed by atoms with Gasteiger partial charge in [0, 0.05) is 26.3 Å². The van der Waals surface area contributed by atoms with Crippen molar-refractivity contribution in [3.05, 3.63) is 23.8 Å². The molecule has 23 heavy (non-hydrogen) atoms. The van der Waals surface area contributed by atoms with Gasteiger partial charge in [-0.05, 0) is 37.5 Å². The summed E-state index contributed by atoms with van der Waals surface area (Å²) in [6, 6.07) is 5.66. The Balaban J connectivity index is 2.00. The molecule has 1 fully saturated rings. The number of nitrogens with two attached hydrogens (primary N) is 1. The van der Waals surface area contributed by atoms with Crippen molar-refractivity contribution < 1.29 is 19.0 Å². The molecule has 0 aromatic heterocycles. The van der Waals surface area contributed by atoms with Crippen LogP contribution in [0.15, 0.2) is 18.2 Å². The summed E-state index contributed by atoms with van der Waals surface area (Å²) in [4.78, 5) is 12.5. The first kappa shape index (κ1) is 17.6. The standard InChI is InChI=1S/C17H26N2O4/c1-3-23-14-5-4-13(10-15(14)21-2)11-19-16(20)17(12-18)6-8-22-9-7-17/h4-5,10H,3,6-9,11-12,18H2,1-2H3,(H,19,20). The first-order valence-corrected chi connectivity index (χ1v) is 8.01. The quantitative estimate of drug-likeness (QED) is 0.794. The molecule has 1 amide bonds. The second-order valence-corrected chi connectivity index (χ2v) is 5.70. The van der Waals surface area contributed by atoms with Crippen LogP contribution in [0.2, 0.25) is 0 Å². The number of nitrogens with one attached hydrogen (secondary N) is 1. The average Bonchev–Trinajstić information content (AvgIpc) is 2.61. The predicted octanol–water partition coefficient (Wildman–Crippen LogP) is 1.47. The lowest BCUT2D eigenvalue weighted by Crippen LogP contribution is -2.48. The van der Waals surface area contributed by atoms with Gasteiger partial charge in [0.15, 0.2) is 11.5 Å². The maximum atomic E-state index is 12.5. The normalized spacial score (nSPS) is 16.7. The number of methoxy groups -OCH3 is 1. The van der Waals surface area contributed by atoms with E-state index in [4.69, 9.17) is 19.9 Å². The minimum atomic E-state index is -0.506. The van der Waals surface area contributed by atoms with E-state index in [9.17, 15) is 4.79 Å². The van der Waals surface area contributed by atoms with Crippen LogP contribution in [-0.2, 0) is 16.1 Å². The Kier molecular flexibility index (Phi) is 6.24. The van der Waals surface area contributed by atoms with Crippen LogP contribution in [0.3, 0.4) is 0 Å². The molecule has 0 saturated carbocycles. The maximum absolute atomic E-state index is 12.5. The molecule has 1 aliphatic rings. The van der Waals surface area contributed by atoms with Crippen LogP contribution in [0.4, 0.5) is 0 Å². The smallest absolute Gasteiger partial charge is 0.227 e. The zero-order chi connectivity index (χ0) is 16.7. The second-order valence-electron chi connectivity index (χ2n) is 5.70. The fraction of sp³-hybridized carbons (Fsp3) is 0.588. The molecule has 128 valence electrons. The molecule has 0 radical (unpaired) electrons. The molecule has 0 bridgehead atoms. The lowest BCUT2D eigenvalue weighted by Gasteiger charge is -2.34. The highest BCUT2D eigenvalue weighted by molar-refractivity contribution is 5.83. The number of rotatable bonds is 7. The Labute approximate surface area is 137 Å². The van der Waals surface area contributed by atoms with Gasteiger partial charge in [0.2, 0.25) is 5.91 Å². The Hall–Kier alpha value is -1.79. The predicted molar refractivity (Wildman–Crippen MR) is 87.6 cm³/mol. The van der Waals surface area contributed by atoms with Gasteiger partial charge in [-0.3, -0.25) is 4.79 Å². The van der Waals surface area contributed by atoms with Crippen LogP contribution in [0, 0.1) is 5.41 Å². The van der Waals surface area contributed by atoms with Gasteiger partial charge >= 0.3 is 0 Å². The second kappa shape index (κ2) is 8.17. The van der Waals surface area contributed by atoms with E-state index in [1.807, 2.05) is 25.1 Å². The summed E-state index contributed by atoms with van der Waals surface area (Å²) in [6.45, 7) is 4.45. The van der Waals surface area contributed by atoms with E-state index >= 15 is 0 Å². The third-order valence-electron chi connectivity index (χ3n) is 4.30. The summed E-state index contributed by atoms with van der Waals surface area (Å²) < 4.78 is 16.2. The Morgan fingerprint density at radius 2 is 2.09 bits per heavy atom. The highest BCUT2D eigenvalue weighted by Crippen LogP contribution is 2.30. The van der Waals surface area contributed by atoms with Gasteiger partial charge in [-0.15, -0.1) is 0 Å². The van der Waals surface area contributed by atoms with Gasteiger partial charge in [-0.25, -0.2) is 0 Å². The Morgan fingerprint density at radius 3 is 2.70 bits per heavy atom. The van der Waals surface area contributed by atoms with Gasteiger partial charge in [-0.2, -0.15) is 0 Å². The number of ether oxygens (including phenoxy) is 3. The maximum Gasteiger partial charge on any atom is 0.227 e. The number of benzene rings is 1. The van der Waals surface area contributed by atoms with Crippen molar-refractivity contribution in [2.45, 2.75) is 26.3 Å². The van der Waals surface area contributed by atoms with Crippen molar-refractivity contribution in [2.24, 2.45) is 11.1 Å². The first-order chi connectivity index (χ1) is 11.1. The van der Waals surface area contributed by atoms with Crippen molar-refractivity contribution in [1.29, 1.82) is 0 Å². The van der Waals surface area contributed by atoms with Gasteiger partial charge in [0.25, 0.3) is 0 Å². The molecule has 0 spiro atoms. The summed E-state index contributed by atoms with van der Waals surface area (Å²) in [7, 11) is 1.60. The third-order valence-corrected chi connectivity index (χ3v) is 4.30. The van der Waals surface area contributed by atoms with Crippen molar-refractivity contribution in [3.63, 3.8) is 0 Å². The molecule has 0 unspecified atom stereocenters. The highest BCUT2D eigenvalue weighted by Gasteiger charge is 2.38. The molecule has 0 aliphatic carbocycles. The monoisotopic (exact) mass is 322 g/mol. The van der Waals surface area contributed by atoms with Crippen molar-refractivity contribution in [2.75, 3.05) is 33.5 Å². The van der Waals surface area contributed by atoms with Crippen molar-refractivity contribution in [3.8, 4) is 11.5 Å². The SMILES string of the molecule is CCOc1ccc(CNC(=O)C2(CN)CCOCC2)cc1OC. The Morgan fingerprint density at radius 1 is 1.35 bits per heavy atom. The van der Waals surface area contributed by atoms with E-state index in [-0.39, 0.29) is 5.91 Å². The number of carbonyl (C=O) groups is 1. The molecule has 1 aromatic rings. The van der Waals surface area contributed by atoms with Crippen LogP contribution >= 0.6 is 0 Å². The fourth-order valence-electron chi connectivity index (χ4n) is 2.75. The van der Waals surface area contributed by atoms with Crippen molar-refractivity contribution >= 4 is 5.91 Å². The van der Waals surface area contributed by atoms with Crippen LogP contribution in [0.25, 0.3) is 0 Å². The van der Waals surface area contributed by atoms with E-state index < -0.39 is 5.41 Å². The van der Waals surface area contributed by atoms with Crippen LogP contribution in [-0.4, -0.2) is 39.4 Å². The van der Waals surface area contributed by atoms with Crippen LogP contribution in [0.1, 0.15) is 25.3 Å². The lowest BCUT2D eigenvalue weighted by atomic mass is 9.79. The van der Waals surface area contributed by atoms with E-state index in [2.05, 4.69) is 5.32 Å². The van der Waals surface area contributed by atoms with E-state index in [0.717, 1.165) is 5.56 Å². The van der Waals surface area contributed by atoms with Crippen LogP contribution in [0.5, 0.6) is 11.5 Å². The minimum absolute atomic E-state index is 0.00356. The number of amides is 1. The first-order valence-electron chi connectivity index (χ1n) is 8.01. The molecule has 0 atom stereocenters. The zero-order valence-electron chi connectivity index (χ0n) is 13.9. The van der Waals surface area contributed by atoms with E-state index in [0.29, 0.717) is 57.3 Å². The van der Waals surface area contributed by atoms with Gasteiger partial charge < -0.3 is 25.3 Å². The number of hydrogen-bond acceptors (Lipinski definition) is 5. The Bertz CT molecular complexity index is 527. The van der Waals surface area contributed by atoms with E-state index in [1.165, 1.54) is 0 Å². The molecule has 2 rings (SSSR count). The summed E-state index contributed by atoms with van der Waals surface area (Å²) in [5.74, 6) is 1.36. The van der Waals surface area contributed by atoms with Gasteiger partial charge in [0.1, 0.15) is 0 Å². The molecule has 1 heterocycles. The van der Waals surface area contributed by atoms with Crippen LogP contribution < -0.4 is 20.5 Å². The number of hydrogen-bond donors (Lipinski definition) is 2. The summed E-state index contributed by atoms with van der Waals surface area (Å²) >= 11 is 0. The minimum Gasteiger partial charge on any atom is -0.493 e. The molecule has 6 heteroatoms. The molecule has 1 aromatic carbocycles. The molecule has 1 saturated heterocycles. The summed E-state index contributed by atoms with van der Waals surface area (Å²) in [5, 5.41) is 2.99. The van der Waals surface area contributed by atoms with Crippen molar-refractivity contribution in [1.82, 2.24) is 5.32 Å². The molecular weight excluding hydrogens is 296 g/mol. The summed E-state index contributed by atoms with van der Waals surface area (Å²) in [5.41, 5.74) is 6.30. The highest BCUT2D eigenvalue weighted by atomic mass is 16.5. The fourth-order valence-corrected chi connectivity index (χ4v) is 2.75. The van der Waals surface area contributed by atoms with E-state index in [1.54, 1.807) is 7.11 Å². The van der Waals surface area contributed by atoms with Gasteiger partial charge in [0.05, 0.1) is 19.1 Å². The topological polar surface area (TPSA) is 82.8 Å². The van der Waals surface area contributed by atoms with Gasteiger partial charge in [-0.1, -0.05) is 6.07 Å².